The Morgan fingerprint density at radius 2 is 2.26 bits per heavy atom. The highest BCUT2D eigenvalue weighted by atomic mass is 32.1. The van der Waals surface area contributed by atoms with Crippen LogP contribution >= 0.6 is 11.3 Å². The summed E-state index contributed by atoms with van der Waals surface area (Å²) in [4.78, 5) is 19.2. The molecule has 0 saturated heterocycles. The number of hydrogen-bond donors (Lipinski definition) is 2. The van der Waals surface area contributed by atoms with E-state index in [2.05, 4.69) is 22.2 Å². The van der Waals surface area contributed by atoms with Crippen molar-refractivity contribution in [2.45, 2.75) is 39.2 Å². The Labute approximate surface area is 116 Å². The Balaban J connectivity index is 1.66. The van der Waals surface area contributed by atoms with Gasteiger partial charge in [-0.15, -0.1) is 11.3 Å². The van der Waals surface area contributed by atoms with Gasteiger partial charge in [-0.05, 0) is 29.7 Å². The molecule has 0 amide bonds. The van der Waals surface area contributed by atoms with Gasteiger partial charge in [-0.2, -0.15) is 0 Å². The second-order valence-electron chi connectivity index (χ2n) is 5.77. The van der Waals surface area contributed by atoms with E-state index in [1.807, 2.05) is 11.4 Å². The first-order valence-electron chi connectivity index (χ1n) is 6.83. The number of thiophene rings is 1. The van der Waals surface area contributed by atoms with Crippen LogP contribution in [0.4, 0.5) is 0 Å². The van der Waals surface area contributed by atoms with Gasteiger partial charge in [-0.3, -0.25) is 4.79 Å². The van der Waals surface area contributed by atoms with Crippen LogP contribution < -0.4 is 10.9 Å². The minimum Gasteiger partial charge on any atom is -0.309 e. The van der Waals surface area contributed by atoms with Crippen LogP contribution in [0.1, 0.15) is 38.4 Å². The van der Waals surface area contributed by atoms with Crippen molar-refractivity contribution in [1.82, 2.24) is 15.3 Å². The Bertz CT molecular complexity index is 625. The number of hydrogen-bond acceptors (Lipinski definition) is 4. The van der Waals surface area contributed by atoms with Crippen molar-refractivity contribution in [2.75, 3.05) is 6.54 Å². The molecule has 102 valence electrons. The number of nitrogens with one attached hydrogen (secondary N) is 2. The van der Waals surface area contributed by atoms with E-state index in [1.54, 1.807) is 0 Å². The summed E-state index contributed by atoms with van der Waals surface area (Å²) < 4.78 is 0.714. The fourth-order valence-electron chi connectivity index (χ4n) is 2.89. The average molecular weight is 277 g/mol. The average Bonchev–Trinajstić information content (AvgIpc) is 2.98. The lowest BCUT2D eigenvalue weighted by Gasteiger charge is -2.23. The van der Waals surface area contributed by atoms with Crippen LogP contribution in [-0.2, 0) is 6.54 Å². The molecule has 1 fully saturated rings. The predicted octanol–water partition coefficient (Wildman–Crippen LogP) is 2.65. The van der Waals surface area contributed by atoms with Crippen molar-refractivity contribution in [3.8, 4) is 0 Å². The Morgan fingerprint density at radius 1 is 1.47 bits per heavy atom. The molecular weight excluding hydrogens is 258 g/mol. The van der Waals surface area contributed by atoms with Crippen LogP contribution in [0.25, 0.3) is 10.2 Å². The normalized spacial score (nSPS) is 18.2. The van der Waals surface area contributed by atoms with Crippen LogP contribution in [0, 0.1) is 5.41 Å². The zero-order valence-corrected chi connectivity index (χ0v) is 12.0. The molecule has 4 nitrogen and oxygen atoms in total. The highest BCUT2D eigenvalue weighted by Crippen LogP contribution is 2.36. The van der Waals surface area contributed by atoms with Gasteiger partial charge < -0.3 is 10.3 Å². The summed E-state index contributed by atoms with van der Waals surface area (Å²) in [5.41, 5.74) is 1.20. The number of H-pyrrole nitrogens is 1. The molecular formula is C14H19N3OS. The van der Waals surface area contributed by atoms with E-state index < -0.39 is 0 Å². The van der Waals surface area contributed by atoms with Crippen molar-refractivity contribution in [1.29, 1.82) is 0 Å². The van der Waals surface area contributed by atoms with Gasteiger partial charge in [0.15, 0.2) is 0 Å². The van der Waals surface area contributed by atoms with Crippen molar-refractivity contribution in [3.05, 3.63) is 27.6 Å². The predicted molar refractivity (Wildman–Crippen MR) is 78.5 cm³/mol. The largest absolute Gasteiger partial charge is 0.309 e. The first-order valence-corrected chi connectivity index (χ1v) is 7.71. The van der Waals surface area contributed by atoms with Crippen molar-refractivity contribution in [2.24, 2.45) is 5.41 Å². The third-order valence-corrected chi connectivity index (χ3v) is 4.92. The number of rotatable bonds is 4. The molecule has 19 heavy (non-hydrogen) atoms. The summed E-state index contributed by atoms with van der Waals surface area (Å²) in [5.74, 6) is 0.734. The van der Waals surface area contributed by atoms with E-state index in [9.17, 15) is 4.79 Å². The molecule has 0 aliphatic heterocycles. The van der Waals surface area contributed by atoms with Gasteiger partial charge in [0, 0.05) is 6.54 Å². The van der Waals surface area contributed by atoms with Gasteiger partial charge >= 0.3 is 0 Å². The fraction of sp³-hybridized carbons (Fsp3) is 0.571. The van der Waals surface area contributed by atoms with Crippen molar-refractivity contribution in [3.63, 3.8) is 0 Å². The lowest BCUT2D eigenvalue weighted by atomic mass is 9.89. The topological polar surface area (TPSA) is 57.8 Å². The standard InChI is InChI=1S/C14H19N3OS/c1-14(5-2-3-6-14)9-15-8-11-16-10-4-7-19-12(10)13(18)17-11/h4,7,15H,2-3,5-6,8-9H2,1H3,(H,16,17,18). The minimum atomic E-state index is -0.0242. The molecule has 2 heterocycles. The number of aromatic amines is 1. The van der Waals surface area contributed by atoms with E-state index in [1.165, 1.54) is 37.0 Å². The Kier molecular flexibility index (Phi) is 3.41. The van der Waals surface area contributed by atoms with Gasteiger partial charge in [0.2, 0.25) is 0 Å². The third kappa shape index (κ3) is 2.72. The summed E-state index contributed by atoms with van der Waals surface area (Å²) >= 11 is 1.44. The van der Waals surface area contributed by atoms with Crippen LogP contribution in [0.3, 0.4) is 0 Å². The third-order valence-electron chi connectivity index (χ3n) is 4.02. The zero-order valence-electron chi connectivity index (χ0n) is 11.2. The molecule has 0 spiro atoms. The summed E-state index contributed by atoms with van der Waals surface area (Å²) in [6, 6.07) is 1.90. The maximum absolute atomic E-state index is 11.8. The zero-order chi connectivity index (χ0) is 13.3. The smallest absolute Gasteiger partial charge is 0.268 e. The Hall–Kier alpha value is -1.20. The summed E-state index contributed by atoms with van der Waals surface area (Å²) in [6.45, 7) is 3.97. The first kappa shape index (κ1) is 12.8. The Morgan fingerprint density at radius 3 is 3.05 bits per heavy atom. The maximum Gasteiger partial charge on any atom is 0.268 e. The molecule has 2 N–H and O–H groups in total. The second-order valence-corrected chi connectivity index (χ2v) is 6.69. The molecule has 1 aliphatic carbocycles. The highest BCUT2D eigenvalue weighted by Gasteiger charge is 2.27. The lowest BCUT2D eigenvalue weighted by Crippen LogP contribution is -2.30. The SMILES string of the molecule is CC1(CNCc2nc3ccsc3c(=O)[nH]2)CCCC1. The molecule has 0 bridgehead atoms. The molecule has 2 aromatic heterocycles. The molecule has 0 aromatic carbocycles. The van der Waals surface area contributed by atoms with Gasteiger partial charge in [0.05, 0.1) is 12.1 Å². The highest BCUT2D eigenvalue weighted by molar-refractivity contribution is 7.17. The summed E-state index contributed by atoms with van der Waals surface area (Å²) in [7, 11) is 0. The monoisotopic (exact) mass is 277 g/mol. The quantitative estimate of drug-likeness (QED) is 0.903. The van der Waals surface area contributed by atoms with Crippen LogP contribution in [0.5, 0.6) is 0 Å². The minimum absolute atomic E-state index is 0.0242. The molecule has 2 aromatic rings. The number of aromatic nitrogens is 2. The van der Waals surface area contributed by atoms with Crippen LogP contribution in [0.15, 0.2) is 16.2 Å². The number of fused-ring (bicyclic) bond motifs is 1. The fourth-order valence-corrected chi connectivity index (χ4v) is 3.62. The first-order chi connectivity index (χ1) is 9.16. The molecule has 5 heteroatoms. The number of nitrogens with zero attached hydrogens (tertiary/aromatic N) is 1. The van der Waals surface area contributed by atoms with E-state index in [4.69, 9.17) is 0 Å². The molecule has 0 unspecified atom stereocenters. The lowest BCUT2D eigenvalue weighted by molar-refractivity contribution is 0.313. The molecule has 3 rings (SSSR count). The van der Waals surface area contributed by atoms with E-state index in [-0.39, 0.29) is 5.56 Å². The molecule has 1 saturated carbocycles. The maximum atomic E-state index is 11.8. The summed E-state index contributed by atoms with van der Waals surface area (Å²) in [6.07, 6.45) is 5.28. The van der Waals surface area contributed by atoms with E-state index >= 15 is 0 Å². The van der Waals surface area contributed by atoms with Crippen molar-refractivity contribution < 1.29 is 0 Å². The molecule has 1 aliphatic rings. The van der Waals surface area contributed by atoms with E-state index in [0.29, 0.717) is 16.7 Å². The van der Waals surface area contributed by atoms with Crippen molar-refractivity contribution >= 4 is 21.6 Å². The van der Waals surface area contributed by atoms with Gasteiger partial charge in [0.25, 0.3) is 5.56 Å². The van der Waals surface area contributed by atoms with Gasteiger partial charge in [0.1, 0.15) is 10.5 Å². The van der Waals surface area contributed by atoms with Gasteiger partial charge in [-0.25, -0.2) is 4.98 Å². The van der Waals surface area contributed by atoms with E-state index in [0.717, 1.165) is 17.9 Å². The van der Waals surface area contributed by atoms with Crippen LogP contribution in [-0.4, -0.2) is 16.5 Å². The summed E-state index contributed by atoms with van der Waals surface area (Å²) in [5, 5.41) is 5.35. The second kappa shape index (κ2) is 5.06. The molecule has 0 radical (unpaired) electrons. The van der Waals surface area contributed by atoms with Gasteiger partial charge in [-0.1, -0.05) is 19.8 Å². The van der Waals surface area contributed by atoms with Crippen LogP contribution in [0.2, 0.25) is 0 Å². The molecule has 0 atom stereocenters.